The molecule has 0 aromatic heterocycles. The Morgan fingerprint density at radius 3 is 2.48 bits per heavy atom. The van der Waals surface area contributed by atoms with Crippen molar-refractivity contribution in [2.75, 3.05) is 26.2 Å². The Hall–Kier alpha value is -1.10. The summed E-state index contributed by atoms with van der Waals surface area (Å²) in [5.74, 6) is 0.116. The van der Waals surface area contributed by atoms with Crippen LogP contribution in [0.15, 0.2) is 12.1 Å². The standard InChI is InChI=1S/C16H23ClN2O2/c1-10(2)13-8-12(17)9-14(16(13)21)15(20)11(3)19-6-4-18-5-7-19/h8-11,18,21H,4-7H2,1-3H3. The molecule has 1 unspecified atom stereocenters. The van der Waals surface area contributed by atoms with Gasteiger partial charge in [-0.3, -0.25) is 9.69 Å². The normalized spacial score (nSPS) is 18.0. The van der Waals surface area contributed by atoms with E-state index in [0.29, 0.717) is 10.6 Å². The van der Waals surface area contributed by atoms with E-state index in [4.69, 9.17) is 11.6 Å². The van der Waals surface area contributed by atoms with Crippen LogP contribution in [0.2, 0.25) is 5.02 Å². The number of halogens is 1. The SMILES string of the molecule is CC(C)c1cc(Cl)cc(C(=O)C(C)N2CCNCC2)c1O. The van der Waals surface area contributed by atoms with Gasteiger partial charge in [-0.15, -0.1) is 0 Å². The van der Waals surface area contributed by atoms with Gasteiger partial charge >= 0.3 is 0 Å². The molecule has 0 saturated carbocycles. The molecule has 1 fully saturated rings. The Labute approximate surface area is 131 Å². The molecule has 0 bridgehead atoms. The fraction of sp³-hybridized carbons (Fsp3) is 0.562. The minimum absolute atomic E-state index is 0.0706. The number of ketones is 1. The molecule has 4 nitrogen and oxygen atoms in total. The van der Waals surface area contributed by atoms with E-state index in [-0.39, 0.29) is 23.5 Å². The average Bonchev–Trinajstić information content (AvgIpc) is 2.48. The van der Waals surface area contributed by atoms with E-state index in [1.54, 1.807) is 12.1 Å². The Morgan fingerprint density at radius 1 is 1.29 bits per heavy atom. The highest BCUT2D eigenvalue weighted by atomic mass is 35.5. The van der Waals surface area contributed by atoms with Crippen LogP contribution in [0, 0.1) is 0 Å². The van der Waals surface area contributed by atoms with Crippen LogP contribution in [0.5, 0.6) is 5.75 Å². The maximum atomic E-state index is 12.7. The molecule has 1 heterocycles. The topological polar surface area (TPSA) is 52.6 Å². The highest BCUT2D eigenvalue weighted by Crippen LogP contribution is 2.33. The van der Waals surface area contributed by atoms with Crippen molar-refractivity contribution >= 4 is 17.4 Å². The van der Waals surface area contributed by atoms with Crippen LogP contribution < -0.4 is 5.32 Å². The fourth-order valence-corrected chi connectivity index (χ4v) is 2.94. The van der Waals surface area contributed by atoms with E-state index in [1.807, 2.05) is 20.8 Å². The first-order chi connectivity index (χ1) is 9.91. The Bertz CT molecular complexity index is 525. The third-order valence-corrected chi connectivity index (χ3v) is 4.29. The van der Waals surface area contributed by atoms with E-state index in [0.717, 1.165) is 31.7 Å². The molecule has 5 heteroatoms. The Balaban J connectivity index is 2.29. The molecule has 0 spiro atoms. The van der Waals surface area contributed by atoms with Gasteiger partial charge in [0.05, 0.1) is 11.6 Å². The number of Topliss-reactive ketones (excluding diaryl/α,β-unsaturated/α-hetero) is 1. The summed E-state index contributed by atoms with van der Waals surface area (Å²) < 4.78 is 0. The van der Waals surface area contributed by atoms with Gasteiger partial charge in [0, 0.05) is 31.2 Å². The molecule has 116 valence electrons. The molecule has 0 aliphatic carbocycles. The summed E-state index contributed by atoms with van der Waals surface area (Å²) in [6.07, 6.45) is 0. The van der Waals surface area contributed by atoms with E-state index in [2.05, 4.69) is 10.2 Å². The highest BCUT2D eigenvalue weighted by molar-refractivity contribution is 6.31. The van der Waals surface area contributed by atoms with Crippen molar-refractivity contribution in [2.45, 2.75) is 32.7 Å². The number of nitrogens with zero attached hydrogens (tertiary/aromatic N) is 1. The van der Waals surface area contributed by atoms with Crippen molar-refractivity contribution in [1.82, 2.24) is 10.2 Å². The van der Waals surface area contributed by atoms with Crippen molar-refractivity contribution < 1.29 is 9.90 Å². The number of phenols is 1. The summed E-state index contributed by atoms with van der Waals surface area (Å²) in [7, 11) is 0. The number of hydrogen-bond acceptors (Lipinski definition) is 4. The van der Waals surface area contributed by atoms with E-state index < -0.39 is 0 Å². The monoisotopic (exact) mass is 310 g/mol. The van der Waals surface area contributed by atoms with Gasteiger partial charge in [0.15, 0.2) is 5.78 Å². The molecule has 1 atom stereocenters. The van der Waals surface area contributed by atoms with Crippen molar-refractivity contribution in [3.8, 4) is 5.75 Å². The van der Waals surface area contributed by atoms with Gasteiger partial charge in [0.2, 0.25) is 0 Å². The maximum Gasteiger partial charge on any atom is 0.183 e. The third kappa shape index (κ3) is 3.57. The first-order valence-corrected chi connectivity index (χ1v) is 7.81. The van der Waals surface area contributed by atoms with Crippen molar-refractivity contribution in [1.29, 1.82) is 0 Å². The van der Waals surface area contributed by atoms with E-state index in [9.17, 15) is 9.90 Å². The molecule has 1 aromatic carbocycles. The minimum atomic E-state index is -0.253. The summed E-state index contributed by atoms with van der Waals surface area (Å²) in [6.45, 7) is 9.28. The lowest BCUT2D eigenvalue weighted by molar-refractivity contribution is 0.0817. The van der Waals surface area contributed by atoms with Crippen molar-refractivity contribution in [2.24, 2.45) is 0 Å². The third-order valence-electron chi connectivity index (χ3n) is 4.07. The molecule has 21 heavy (non-hydrogen) atoms. The Morgan fingerprint density at radius 2 is 1.90 bits per heavy atom. The minimum Gasteiger partial charge on any atom is -0.507 e. The van der Waals surface area contributed by atoms with Crippen LogP contribution >= 0.6 is 11.6 Å². The van der Waals surface area contributed by atoms with Gasteiger partial charge in [-0.05, 0) is 30.5 Å². The predicted molar refractivity (Wildman–Crippen MR) is 85.4 cm³/mol. The lowest BCUT2D eigenvalue weighted by atomic mass is 9.95. The van der Waals surface area contributed by atoms with E-state index >= 15 is 0 Å². The number of carbonyl (C=O) groups excluding carboxylic acids is 1. The smallest absolute Gasteiger partial charge is 0.183 e. The summed E-state index contributed by atoms with van der Waals surface area (Å²) in [6, 6.07) is 3.05. The van der Waals surface area contributed by atoms with Gasteiger partial charge in [0.1, 0.15) is 5.75 Å². The second kappa shape index (κ2) is 6.77. The highest BCUT2D eigenvalue weighted by Gasteiger charge is 2.27. The van der Waals surface area contributed by atoms with Gasteiger partial charge in [-0.1, -0.05) is 25.4 Å². The van der Waals surface area contributed by atoms with Crippen LogP contribution in [-0.2, 0) is 0 Å². The number of piperazine rings is 1. The maximum absolute atomic E-state index is 12.7. The summed E-state index contributed by atoms with van der Waals surface area (Å²) in [5.41, 5.74) is 1.05. The summed E-state index contributed by atoms with van der Waals surface area (Å²) in [4.78, 5) is 14.8. The lowest BCUT2D eigenvalue weighted by Crippen LogP contribution is -2.50. The van der Waals surface area contributed by atoms with E-state index in [1.165, 1.54) is 0 Å². The molecular weight excluding hydrogens is 288 g/mol. The molecule has 1 aliphatic heterocycles. The van der Waals surface area contributed by atoms with Crippen LogP contribution in [-0.4, -0.2) is 48.0 Å². The number of carbonyl (C=O) groups is 1. The second-order valence-electron chi connectivity index (χ2n) is 5.87. The summed E-state index contributed by atoms with van der Waals surface area (Å²) in [5, 5.41) is 14.2. The first kappa shape index (κ1) is 16.3. The molecule has 2 N–H and O–H groups in total. The number of nitrogens with one attached hydrogen (secondary N) is 1. The second-order valence-corrected chi connectivity index (χ2v) is 6.31. The molecule has 2 rings (SSSR count). The number of phenolic OH excluding ortho intramolecular Hbond substituents is 1. The van der Waals surface area contributed by atoms with Gasteiger partial charge in [-0.25, -0.2) is 0 Å². The van der Waals surface area contributed by atoms with Crippen LogP contribution in [0.4, 0.5) is 0 Å². The quantitative estimate of drug-likeness (QED) is 0.840. The van der Waals surface area contributed by atoms with Crippen LogP contribution in [0.3, 0.4) is 0 Å². The predicted octanol–water partition coefficient (Wildman–Crippen LogP) is 2.65. The zero-order chi connectivity index (χ0) is 15.6. The lowest BCUT2D eigenvalue weighted by Gasteiger charge is -2.32. The zero-order valence-electron chi connectivity index (χ0n) is 12.8. The number of benzene rings is 1. The zero-order valence-corrected chi connectivity index (χ0v) is 13.6. The van der Waals surface area contributed by atoms with Gasteiger partial charge < -0.3 is 10.4 Å². The first-order valence-electron chi connectivity index (χ1n) is 7.43. The summed E-state index contributed by atoms with van der Waals surface area (Å²) >= 11 is 6.11. The molecule has 0 radical (unpaired) electrons. The van der Waals surface area contributed by atoms with Crippen molar-refractivity contribution in [3.63, 3.8) is 0 Å². The molecule has 1 saturated heterocycles. The van der Waals surface area contributed by atoms with Crippen LogP contribution in [0.1, 0.15) is 42.6 Å². The molecule has 0 amide bonds. The van der Waals surface area contributed by atoms with Gasteiger partial charge in [0.25, 0.3) is 0 Å². The number of hydrogen-bond donors (Lipinski definition) is 2. The largest absolute Gasteiger partial charge is 0.507 e. The number of aromatic hydroxyl groups is 1. The van der Waals surface area contributed by atoms with Gasteiger partial charge in [-0.2, -0.15) is 0 Å². The Kier molecular flexibility index (Phi) is 5.25. The number of rotatable bonds is 4. The molecule has 1 aromatic rings. The molecular formula is C16H23ClN2O2. The average molecular weight is 311 g/mol. The fourth-order valence-electron chi connectivity index (χ4n) is 2.71. The molecule has 1 aliphatic rings. The van der Waals surface area contributed by atoms with Crippen molar-refractivity contribution in [3.05, 3.63) is 28.3 Å². The van der Waals surface area contributed by atoms with Crippen LogP contribution in [0.25, 0.3) is 0 Å².